The molecular weight excluding hydrogens is 192 g/mol. The first-order valence-corrected chi connectivity index (χ1v) is 4.78. The van der Waals surface area contributed by atoms with Gasteiger partial charge in [0.25, 0.3) is 5.91 Å². The number of carbonyl (C=O) groups is 1. The zero-order chi connectivity index (χ0) is 10.7. The number of nitrogens with one attached hydrogen (secondary N) is 3. The summed E-state index contributed by atoms with van der Waals surface area (Å²) in [6.45, 7) is 2.01. The van der Waals surface area contributed by atoms with E-state index >= 15 is 0 Å². The molecule has 0 saturated heterocycles. The summed E-state index contributed by atoms with van der Waals surface area (Å²) in [5.74, 6) is 0.496. The maximum absolute atomic E-state index is 11.7. The van der Waals surface area contributed by atoms with Crippen LogP contribution in [0, 0.1) is 0 Å². The van der Waals surface area contributed by atoms with Gasteiger partial charge in [0.2, 0.25) is 0 Å². The third-order valence-electron chi connectivity index (χ3n) is 2.18. The maximum atomic E-state index is 11.7. The van der Waals surface area contributed by atoms with E-state index in [9.17, 15) is 4.79 Å². The normalized spacial score (nSPS) is 10.2. The first kappa shape index (κ1) is 9.51. The summed E-state index contributed by atoms with van der Waals surface area (Å²) in [4.78, 5) is 14.5. The Balaban J connectivity index is 2.13. The van der Waals surface area contributed by atoms with Gasteiger partial charge in [0.1, 0.15) is 11.5 Å². The topological polar surface area (TPSA) is 73.6 Å². The molecule has 0 spiro atoms. The number of amides is 1. The first-order chi connectivity index (χ1) is 7.31. The number of H-pyrrole nitrogens is 2. The number of hydrogen-bond acceptors (Lipinski definition) is 2. The zero-order valence-corrected chi connectivity index (χ0v) is 8.37. The lowest BCUT2D eigenvalue weighted by molar-refractivity contribution is 0.102. The van der Waals surface area contributed by atoms with Gasteiger partial charge in [-0.1, -0.05) is 6.92 Å². The van der Waals surface area contributed by atoms with Crippen LogP contribution in [0.3, 0.4) is 0 Å². The second-order valence-electron chi connectivity index (χ2n) is 3.16. The molecule has 0 saturated carbocycles. The molecule has 0 aromatic carbocycles. The van der Waals surface area contributed by atoms with Crippen molar-refractivity contribution < 1.29 is 4.79 Å². The van der Waals surface area contributed by atoms with Crippen LogP contribution in [-0.2, 0) is 6.42 Å². The molecule has 0 aliphatic carbocycles. The second-order valence-corrected chi connectivity index (χ2v) is 3.16. The fraction of sp³-hybridized carbons (Fsp3) is 0.200. The summed E-state index contributed by atoms with van der Waals surface area (Å²) >= 11 is 0. The van der Waals surface area contributed by atoms with Crippen LogP contribution in [0.15, 0.2) is 24.5 Å². The van der Waals surface area contributed by atoms with E-state index < -0.39 is 0 Å². The Bertz CT molecular complexity index is 444. The van der Waals surface area contributed by atoms with Gasteiger partial charge >= 0.3 is 0 Å². The largest absolute Gasteiger partial charge is 0.357 e. The van der Waals surface area contributed by atoms with Gasteiger partial charge in [-0.15, -0.1) is 0 Å². The van der Waals surface area contributed by atoms with Crippen LogP contribution >= 0.6 is 0 Å². The Morgan fingerprint density at radius 1 is 1.60 bits per heavy atom. The first-order valence-electron chi connectivity index (χ1n) is 4.78. The monoisotopic (exact) mass is 204 g/mol. The number of rotatable bonds is 3. The van der Waals surface area contributed by atoms with Crippen LogP contribution in [0.5, 0.6) is 0 Å². The molecule has 0 radical (unpaired) electrons. The lowest BCUT2D eigenvalue weighted by atomic mass is 10.2. The van der Waals surface area contributed by atoms with Crippen molar-refractivity contribution in [3.63, 3.8) is 0 Å². The van der Waals surface area contributed by atoms with E-state index in [1.54, 1.807) is 24.5 Å². The number of nitrogens with zero attached hydrogens (tertiary/aromatic N) is 1. The molecule has 78 valence electrons. The van der Waals surface area contributed by atoms with Crippen LogP contribution in [0.2, 0.25) is 0 Å². The van der Waals surface area contributed by atoms with E-state index in [-0.39, 0.29) is 5.91 Å². The standard InChI is InChI=1S/C10H12N4O/c1-2-7-6-12-14-9(7)13-10(15)8-4-3-5-11-8/h3-6,11H,2H2,1H3,(H2,12,13,14,15). The molecule has 2 heterocycles. The van der Waals surface area contributed by atoms with Crippen molar-refractivity contribution in [2.75, 3.05) is 5.32 Å². The van der Waals surface area contributed by atoms with Gasteiger partial charge in [-0.2, -0.15) is 5.10 Å². The Morgan fingerprint density at radius 3 is 3.13 bits per heavy atom. The molecule has 0 unspecified atom stereocenters. The van der Waals surface area contributed by atoms with Crippen molar-refractivity contribution in [2.45, 2.75) is 13.3 Å². The number of aryl methyl sites for hydroxylation is 1. The van der Waals surface area contributed by atoms with E-state index in [1.807, 2.05) is 6.92 Å². The van der Waals surface area contributed by atoms with Crippen molar-refractivity contribution >= 4 is 11.7 Å². The van der Waals surface area contributed by atoms with E-state index in [1.165, 1.54) is 0 Å². The van der Waals surface area contributed by atoms with Gasteiger partial charge in [0.15, 0.2) is 0 Å². The summed E-state index contributed by atoms with van der Waals surface area (Å²) in [5.41, 5.74) is 1.53. The van der Waals surface area contributed by atoms with E-state index in [0.29, 0.717) is 11.5 Å². The van der Waals surface area contributed by atoms with Crippen LogP contribution in [0.25, 0.3) is 0 Å². The zero-order valence-electron chi connectivity index (χ0n) is 8.37. The van der Waals surface area contributed by atoms with E-state index in [0.717, 1.165) is 12.0 Å². The molecular formula is C10H12N4O. The number of hydrogen-bond donors (Lipinski definition) is 3. The Labute approximate surface area is 86.9 Å². The highest BCUT2D eigenvalue weighted by Crippen LogP contribution is 2.12. The smallest absolute Gasteiger partial charge is 0.273 e. The molecule has 0 fully saturated rings. The van der Waals surface area contributed by atoms with Crippen LogP contribution in [0.4, 0.5) is 5.82 Å². The predicted octanol–water partition coefficient (Wildman–Crippen LogP) is 1.55. The van der Waals surface area contributed by atoms with Gasteiger partial charge in [0.05, 0.1) is 6.20 Å². The van der Waals surface area contributed by atoms with Crippen molar-refractivity contribution in [2.24, 2.45) is 0 Å². The molecule has 1 amide bonds. The van der Waals surface area contributed by atoms with Crippen molar-refractivity contribution in [3.05, 3.63) is 35.8 Å². The van der Waals surface area contributed by atoms with Gasteiger partial charge in [-0.25, -0.2) is 0 Å². The molecule has 2 aromatic rings. The molecule has 15 heavy (non-hydrogen) atoms. The van der Waals surface area contributed by atoms with Crippen LogP contribution in [-0.4, -0.2) is 21.1 Å². The number of anilines is 1. The van der Waals surface area contributed by atoms with Crippen molar-refractivity contribution in [1.82, 2.24) is 15.2 Å². The average Bonchev–Trinajstić information content (AvgIpc) is 2.87. The van der Waals surface area contributed by atoms with Crippen LogP contribution in [0.1, 0.15) is 23.0 Å². The van der Waals surface area contributed by atoms with Crippen LogP contribution < -0.4 is 5.32 Å². The summed E-state index contributed by atoms with van der Waals surface area (Å²) in [6, 6.07) is 3.50. The lowest BCUT2D eigenvalue weighted by Crippen LogP contribution is -2.13. The highest BCUT2D eigenvalue weighted by molar-refractivity contribution is 6.02. The Kier molecular flexibility index (Phi) is 2.53. The minimum atomic E-state index is -0.168. The van der Waals surface area contributed by atoms with E-state index in [2.05, 4.69) is 20.5 Å². The molecule has 5 heteroatoms. The third-order valence-corrected chi connectivity index (χ3v) is 2.18. The summed E-state index contributed by atoms with van der Waals surface area (Å²) in [6.07, 6.45) is 4.25. The predicted molar refractivity (Wildman–Crippen MR) is 56.7 cm³/mol. The molecule has 5 nitrogen and oxygen atoms in total. The molecule has 0 aliphatic rings. The van der Waals surface area contributed by atoms with E-state index in [4.69, 9.17) is 0 Å². The number of aromatic nitrogens is 3. The van der Waals surface area contributed by atoms with Gasteiger partial charge in [-0.05, 0) is 18.6 Å². The van der Waals surface area contributed by atoms with Crippen molar-refractivity contribution in [1.29, 1.82) is 0 Å². The third kappa shape index (κ3) is 1.90. The van der Waals surface area contributed by atoms with Crippen molar-refractivity contribution in [3.8, 4) is 0 Å². The highest BCUT2D eigenvalue weighted by atomic mass is 16.1. The molecule has 3 N–H and O–H groups in total. The minimum Gasteiger partial charge on any atom is -0.357 e. The maximum Gasteiger partial charge on any atom is 0.273 e. The highest BCUT2D eigenvalue weighted by Gasteiger charge is 2.09. The summed E-state index contributed by atoms with van der Waals surface area (Å²) in [5, 5.41) is 9.39. The number of carbonyl (C=O) groups excluding carboxylic acids is 1. The van der Waals surface area contributed by atoms with Gasteiger partial charge in [0, 0.05) is 11.8 Å². The second kappa shape index (κ2) is 4.00. The fourth-order valence-electron chi connectivity index (χ4n) is 1.34. The molecule has 2 rings (SSSR count). The fourth-order valence-corrected chi connectivity index (χ4v) is 1.34. The minimum absolute atomic E-state index is 0.168. The summed E-state index contributed by atoms with van der Waals surface area (Å²) in [7, 11) is 0. The summed E-state index contributed by atoms with van der Waals surface area (Å²) < 4.78 is 0. The van der Waals surface area contributed by atoms with Gasteiger partial charge in [-0.3, -0.25) is 9.89 Å². The number of aromatic amines is 2. The Morgan fingerprint density at radius 2 is 2.47 bits per heavy atom. The van der Waals surface area contributed by atoms with Gasteiger partial charge < -0.3 is 10.3 Å². The quantitative estimate of drug-likeness (QED) is 0.709. The molecule has 0 aliphatic heterocycles. The lowest BCUT2D eigenvalue weighted by Gasteiger charge is -2.02. The molecule has 0 bridgehead atoms. The SMILES string of the molecule is CCc1cn[nH]c1NC(=O)c1ccc[nH]1. The average molecular weight is 204 g/mol. The molecule has 2 aromatic heterocycles. The molecule has 0 atom stereocenters. The Hall–Kier alpha value is -2.04.